The highest BCUT2D eigenvalue weighted by Crippen LogP contribution is 2.14. The molecule has 0 saturated heterocycles. The highest BCUT2D eigenvalue weighted by molar-refractivity contribution is 14.0. The zero-order valence-electron chi connectivity index (χ0n) is 20.5. The van der Waals surface area contributed by atoms with E-state index in [1.165, 1.54) is 0 Å². The topological polar surface area (TPSA) is 82.1 Å². The van der Waals surface area contributed by atoms with Crippen molar-refractivity contribution in [2.75, 3.05) is 39.6 Å². The van der Waals surface area contributed by atoms with E-state index in [1.807, 2.05) is 52.9 Å². The summed E-state index contributed by atoms with van der Waals surface area (Å²) < 4.78 is 5.40. The van der Waals surface area contributed by atoms with Gasteiger partial charge in [0.2, 0.25) is 0 Å². The van der Waals surface area contributed by atoms with Gasteiger partial charge in [-0.3, -0.25) is 4.99 Å². The molecule has 0 aliphatic carbocycles. The molecule has 0 aliphatic heterocycles. The maximum Gasteiger partial charge on any atom is 0.407 e. The van der Waals surface area contributed by atoms with Crippen molar-refractivity contribution in [2.45, 2.75) is 59.2 Å². The van der Waals surface area contributed by atoms with Crippen LogP contribution in [0.2, 0.25) is 0 Å². The average Bonchev–Trinajstić information content (AvgIpc) is 2.64. The molecule has 2 N–H and O–H groups in total. The predicted molar refractivity (Wildman–Crippen MR) is 139 cm³/mol. The molecular formula is C22H41IN6O2. The monoisotopic (exact) mass is 548 g/mol. The Morgan fingerprint density at radius 3 is 2.42 bits per heavy atom. The van der Waals surface area contributed by atoms with Crippen LogP contribution in [0, 0.1) is 5.92 Å². The molecule has 1 aromatic heterocycles. The van der Waals surface area contributed by atoms with Gasteiger partial charge in [-0.05, 0) is 39.2 Å². The Bertz CT molecular complexity index is 703. The molecule has 0 saturated carbocycles. The maximum atomic E-state index is 12.2. The second-order valence-corrected chi connectivity index (χ2v) is 8.99. The van der Waals surface area contributed by atoms with E-state index in [4.69, 9.17) is 4.74 Å². The van der Waals surface area contributed by atoms with Crippen molar-refractivity contribution in [3.05, 3.63) is 23.9 Å². The first kappa shape index (κ1) is 29.2. The van der Waals surface area contributed by atoms with E-state index < -0.39 is 5.60 Å². The number of hydrogen-bond acceptors (Lipinski definition) is 5. The summed E-state index contributed by atoms with van der Waals surface area (Å²) in [6, 6.07) is 4.01. The third-order valence-corrected chi connectivity index (χ3v) is 4.58. The van der Waals surface area contributed by atoms with Crippen LogP contribution >= 0.6 is 24.0 Å². The fraction of sp³-hybridized carbons (Fsp3) is 0.682. The Kier molecular flexibility index (Phi) is 12.8. The number of alkyl carbamates (subject to hydrolysis) is 1. The van der Waals surface area contributed by atoms with E-state index in [0.717, 1.165) is 30.3 Å². The number of ether oxygens (including phenoxy) is 1. The van der Waals surface area contributed by atoms with Crippen LogP contribution in [0.25, 0.3) is 0 Å². The first-order valence-corrected chi connectivity index (χ1v) is 10.5. The fourth-order valence-corrected chi connectivity index (χ4v) is 3.00. The van der Waals surface area contributed by atoms with Gasteiger partial charge in [-0.25, -0.2) is 9.78 Å². The number of hydrogen-bond donors (Lipinski definition) is 2. The molecule has 1 atom stereocenters. The van der Waals surface area contributed by atoms with Gasteiger partial charge in [0.25, 0.3) is 0 Å². The molecular weight excluding hydrogens is 507 g/mol. The summed E-state index contributed by atoms with van der Waals surface area (Å²) in [6.45, 7) is 11.2. The maximum absolute atomic E-state index is 12.2. The Morgan fingerprint density at radius 1 is 1.26 bits per heavy atom. The number of halogens is 1. The number of nitrogens with one attached hydrogen (secondary N) is 2. The van der Waals surface area contributed by atoms with Crippen LogP contribution in [-0.4, -0.2) is 68.3 Å². The van der Waals surface area contributed by atoms with E-state index in [-0.39, 0.29) is 36.1 Å². The lowest BCUT2D eigenvalue weighted by Gasteiger charge is -2.28. The van der Waals surface area contributed by atoms with Gasteiger partial charge in [-0.1, -0.05) is 19.9 Å². The van der Waals surface area contributed by atoms with Gasteiger partial charge in [-0.15, -0.1) is 24.0 Å². The molecule has 1 heterocycles. The number of pyridine rings is 1. The highest BCUT2D eigenvalue weighted by Gasteiger charge is 2.22. The molecule has 1 aromatic rings. The molecule has 31 heavy (non-hydrogen) atoms. The number of anilines is 1. The van der Waals surface area contributed by atoms with Crippen molar-refractivity contribution in [3.63, 3.8) is 0 Å². The van der Waals surface area contributed by atoms with Crippen LogP contribution in [0.4, 0.5) is 10.6 Å². The zero-order chi connectivity index (χ0) is 22.9. The molecule has 0 aliphatic rings. The quantitative estimate of drug-likeness (QED) is 0.293. The number of guanidine groups is 1. The first-order chi connectivity index (χ1) is 13.9. The number of amides is 1. The second-order valence-electron chi connectivity index (χ2n) is 8.99. The molecule has 0 fully saturated rings. The third kappa shape index (κ3) is 10.9. The van der Waals surface area contributed by atoms with Crippen LogP contribution in [-0.2, 0) is 11.3 Å². The van der Waals surface area contributed by atoms with Crippen molar-refractivity contribution in [1.29, 1.82) is 0 Å². The molecule has 1 rings (SSSR count). The summed E-state index contributed by atoms with van der Waals surface area (Å²) in [4.78, 5) is 25.1. The number of nitrogens with zero attached hydrogens (tertiary/aromatic N) is 4. The van der Waals surface area contributed by atoms with Crippen LogP contribution in [0.3, 0.4) is 0 Å². The van der Waals surface area contributed by atoms with Gasteiger partial charge in [0.15, 0.2) is 5.96 Å². The van der Waals surface area contributed by atoms with Crippen molar-refractivity contribution < 1.29 is 9.53 Å². The third-order valence-electron chi connectivity index (χ3n) is 4.58. The molecule has 1 amide bonds. The molecule has 178 valence electrons. The Labute approximate surface area is 205 Å². The molecule has 0 radical (unpaired) electrons. The number of carbonyl (C=O) groups excluding carboxylic acids is 1. The summed E-state index contributed by atoms with van der Waals surface area (Å²) in [5.41, 5.74) is 0.593. The summed E-state index contributed by atoms with van der Waals surface area (Å²) in [5.74, 6) is 2.02. The van der Waals surface area contributed by atoms with Crippen LogP contribution in [0.5, 0.6) is 0 Å². The zero-order valence-corrected chi connectivity index (χ0v) is 22.9. The van der Waals surface area contributed by atoms with Gasteiger partial charge < -0.3 is 25.2 Å². The minimum Gasteiger partial charge on any atom is -0.444 e. The lowest BCUT2D eigenvalue weighted by atomic mass is 10.0. The van der Waals surface area contributed by atoms with Crippen LogP contribution < -0.4 is 15.5 Å². The van der Waals surface area contributed by atoms with E-state index in [9.17, 15) is 4.79 Å². The summed E-state index contributed by atoms with van der Waals surface area (Å²) >= 11 is 0. The number of rotatable bonds is 8. The Hall–Kier alpha value is -1.78. The normalized spacial score (nSPS) is 12.6. The first-order valence-electron chi connectivity index (χ1n) is 10.5. The van der Waals surface area contributed by atoms with Gasteiger partial charge in [0.05, 0.1) is 0 Å². The SMILES string of the molecule is CN=C(NCc1cccnc1N(C)C)N(C)CCC(NC(=O)OC(C)(C)C)C(C)C.I. The van der Waals surface area contributed by atoms with Crippen molar-refractivity contribution in [1.82, 2.24) is 20.5 Å². The van der Waals surface area contributed by atoms with Gasteiger partial charge in [0, 0.05) is 59.1 Å². The predicted octanol–water partition coefficient (Wildman–Crippen LogP) is 3.71. The molecule has 1 unspecified atom stereocenters. The van der Waals surface area contributed by atoms with Crippen molar-refractivity contribution in [3.8, 4) is 0 Å². The summed E-state index contributed by atoms with van der Waals surface area (Å²) in [7, 11) is 7.73. The minimum atomic E-state index is -0.508. The lowest BCUT2D eigenvalue weighted by Crippen LogP contribution is -2.45. The largest absolute Gasteiger partial charge is 0.444 e. The standard InChI is InChI=1S/C22H40N6O2.HI/c1-16(2)18(26-21(29)30-22(3,4)5)12-14-28(9)20(23-6)25-15-17-11-10-13-24-19(17)27(7)8;/h10-11,13,16,18H,12,14-15H2,1-9H3,(H,23,25)(H,26,29);1H. The average molecular weight is 549 g/mol. The fourth-order valence-electron chi connectivity index (χ4n) is 3.00. The van der Waals surface area contributed by atoms with Gasteiger partial charge in [0.1, 0.15) is 11.4 Å². The summed E-state index contributed by atoms with van der Waals surface area (Å²) in [6.07, 6.45) is 2.20. The van der Waals surface area contributed by atoms with E-state index >= 15 is 0 Å². The van der Waals surface area contributed by atoms with E-state index in [2.05, 4.69) is 45.4 Å². The van der Waals surface area contributed by atoms with Crippen LogP contribution in [0.1, 0.15) is 46.6 Å². The lowest BCUT2D eigenvalue weighted by molar-refractivity contribution is 0.0486. The Balaban J connectivity index is 0.00000900. The number of aliphatic imine (C=N–C) groups is 1. The van der Waals surface area contributed by atoms with Gasteiger partial charge in [-0.2, -0.15) is 0 Å². The molecule has 8 nitrogen and oxygen atoms in total. The molecule has 0 aromatic carbocycles. The van der Waals surface area contributed by atoms with Crippen molar-refractivity contribution in [2.24, 2.45) is 10.9 Å². The summed E-state index contributed by atoms with van der Waals surface area (Å²) in [5, 5.41) is 6.40. The van der Waals surface area contributed by atoms with Gasteiger partial charge >= 0.3 is 6.09 Å². The molecule has 0 spiro atoms. The molecule has 9 heteroatoms. The number of aromatic nitrogens is 1. The van der Waals surface area contributed by atoms with E-state index in [1.54, 1.807) is 13.2 Å². The minimum absolute atomic E-state index is 0. The second kappa shape index (κ2) is 13.6. The highest BCUT2D eigenvalue weighted by atomic mass is 127. The van der Waals surface area contributed by atoms with E-state index in [0.29, 0.717) is 12.5 Å². The van der Waals surface area contributed by atoms with Crippen LogP contribution in [0.15, 0.2) is 23.3 Å². The number of carbonyl (C=O) groups is 1. The Morgan fingerprint density at radius 2 is 1.90 bits per heavy atom. The van der Waals surface area contributed by atoms with Crippen molar-refractivity contribution >= 4 is 41.8 Å². The molecule has 0 bridgehead atoms. The smallest absolute Gasteiger partial charge is 0.407 e.